The molecule has 1 aliphatic rings. The van der Waals surface area contributed by atoms with Crippen molar-refractivity contribution in [3.8, 4) is 11.1 Å². The zero-order valence-corrected chi connectivity index (χ0v) is 23.6. The van der Waals surface area contributed by atoms with Crippen LogP contribution in [0.1, 0.15) is 23.9 Å². The highest BCUT2D eigenvalue weighted by Gasteiger charge is 2.34. The van der Waals surface area contributed by atoms with Crippen LogP contribution in [0.2, 0.25) is 10.0 Å². The number of sulfonamides is 1. The first-order chi connectivity index (χ1) is 17.7. The standard InChI is InChI=1S/C27H26Cl2N4O2S2/c1-18-3-5-20(6-4-18)15-26-30-27(36-31-26)32-13-14-33(19(2)17-32)37(34,35)23-10-7-21(8-11-23)22-9-12-24(28)25(29)16-22/h3-12,16,19H,13-15,17H2,1-2H3. The van der Waals surface area contributed by atoms with E-state index in [4.69, 9.17) is 28.2 Å². The van der Waals surface area contributed by atoms with Crippen molar-refractivity contribution in [1.82, 2.24) is 13.7 Å². The second-order valence-corrected chi connectivity index (χ2v) is 12.7. The van der Waals surface area contributed by atoms with E-state index in [1.165, 1.54) is 22.7 Å². The number of benzene rings is 3. The lowest BCUT2D eigenvalue weighted by Crippen LogP contribution is -2.54. The highest BCUT2D eigenvalue weighted by molar-refractivity contribution is 7.89. The summed E-state index contributed by atoms with van der Waals surface area (Å²) in [5.74, 6) is 0.786. The zero-order valence-electron chi connectivity index (χ0n) is 20.4. The highest BCUT2D eigenvalue weighted by atomic mass is 35.5. The van der Waals surface area contributed by atoms with Gasteiger partial charge in [0.15, 0.2) is 0 Å². The number of nitrogens with zero attached hydrogens (tertiary/aromatic N) is 4. The Morgan fingerprint density at radius 2 is 1.65 bits per heavy atom. The maximum absolute atomic E-state index is 13.5. The predicted octanol–water partition coefficient (Wildman–Crippen LogP) is 6.31. The van der Waals surface area contributed by atoms with Gasteiger partial charge in [-0.2, -0.15) is 8.68 Å². The number of piperazine rings is 1. The second kappa shape index (κ2) is 10.7. The normalized spacial score (nSPS) is 16.8. The van der Waals surface area contributed by atoms with Crippen molar-refractivity contribution in [2.45, 2.75) is 31.2 Å². The lowest BCUT2D eigenvalue weighted by Gasteiger charge is -2.38. The molecule has 0 spiro atoms. The Bertz CT molecular complexity index is 1510. The number of anilines is 1. The van der Waals surface area contributed by atoms with E-state index in [1.807, 2.05) is 13.0 Å². The number of rotatable bonds is 6. The molecule has 0 amide bonds. The Morgan fingerprint density at radius 1 is 0.946 bits per heavy atom. The van der Waals surface area contributed by atoms with E-state index < -0.39 is 10.0 Å². The third-order valence-electron chi connectivity index (χ3n) is 6.49. The van der Waals surface area contributed by atoms with Crippen LogP contribution in [0.5, 0.6) is 0 Å². The van der Waals surface area contributed by atoms with Gasteiger partial charge >= 0.3 is 0 Å². The highest BCUT2D eigenvalue weighted by Crippen LogP contribution is 2.31. The van der Waals surface area contributed by atoms with Crippen molar-refractivity contribution >= 4 is 49.9 Å². The van der Waals surface area contributed by atoms with Crippen LogP contribution in [0.25, 0.3) is 11.1 Å². The SMILES string of the molecule is Cc1ccc(Cc2nsc(N3CCN(S(=O)(=O)c4ccc(-c5ccc(Cl)c(Cl)c5)cc4)C(C)C3)n2)cc1. The summed E-state index contributed by atoms with van der Waals surface area (Å²) < 4.78 is 33.0. The summed E-state index contributed by atoms with van der Waals surface area (Å²) >= 11 is 13.5. The van der Waals surface area contributed by atoms with Gasteiger partial charge in [0.2, 0.25) is 15.2 Å². The van der Waals surface area contributed by atoms with E-state index >= 15 is 0 Å². The van der Waals surface area contributed by atoms with Crippen LogP contribution < -0.4 is 4.90 Å². The number of hydrogen-bond acceptors (Lipinski definition) is 6. The first kappa shape index (κ1) is 26.1. The minimum absolute atomic E-state index is 0.210. The van der Waals surface area contributed by atoms with E-state index in [0.717, 1.165) is 22.1 Å². The van der Waals surface area contributed by atoms with Gasteiger partial charge in [-0.25, -0.2) is 13.4 Å². The van der Waals surface area contributed by atoms with Crippen LogP contribution in [-0.4, -0.2) is 47.8 Å². The van der Waals surface area contributed by atoms with Gasteiger partial charge in [-0.1, -0.05) is 71.2 Å². The first-order valence-corrected chi connectivity index (χ1v) is 14.9. The van der Waals surface area contributed by atoms with Crippen molar-refractivity contribution in [3.63, 3.8) is 0 Å². The van der Waals surface area contributed by atoms with Gasteiger partial charge in [0.1, 0.15) is 5.82 Å². The quantitative estimate of drug-likeness (QED) is 0.271. The van der Waals surface area contributed by atoms with Gasteiger partial charge < -0.3 is 4.90 Å². The second-order valence-electron chi connectivity index (χ2n) is 9.22. The summed E-state index contributed by atoms with van der Waals surface area (Å²) in [4.78, 5) is 7.13. The minimum Gasteiger partial charge on any atom is -0.344 e. The molecule has 2 heterocycles. The van der Waals surface area contributed by atoms with Crippen molar-refractivity contribution in [3.05, 3.63) is 93.7 Å². The monoisotopic (exact) mass is 572 g/mol. The molecular formula is C27H26Cl2N4O2S2. The van der Waals surface area contributed by atoms with Crippen LogP contribution in [0.4, 0.5) is 5.13 Å². The number of aromatic nitrogens is 2. The summed E-state index contributed by atoms with van der Waals surface area (Å²) in [7, 11) is -3.64. The zero-order chi connectivity index (χ0) is 26.2. The van der Waals surface area contributed by atoms with E-state index in [1.54, 1.807) is 40.7 Å². The molecule has 37 heavy (non-hydrogen) atoms. The molecule has 1 saturated heterocycles. The average molecular weight is 574 g/mol. The summed E-state index contributed by atoms with van der Waals surface area (Å²) in [5.41, 5.74) is 4.14. The Labute approximate surface area is 231 Å². The smallest absolute Gasteiger partial charge is 0.243 e. The third-order valence-corrected chi connectivity index (χ3v) is 10.1. The molecule has 3 aromatic carbocycles. The first-order valence-electron chi connectivity index (χ1n) is 11.9. The van der Waals surface area contributed by atoms with E-state index in [0.29, 0.717) is 36.1 Å². The Balaban J connectivity index is 1.26. The Morgan fingerprint density at radius 3 is 2.32 bits per heavy atom. The van der Waals surface area contributed by atoms with Gasteiger partial charge in [0.25, 0.3) is 0 Å². The van der Waals surface area contributed by atoms with Crippen LogP contribution in [-0.2, 0) is 16.4 Å². The van der Waals surface area contributed by atoms with Crippen LogP contribution in [0.15, 0.2) is 71.6 Å². The average Bonchev–Trinajstić information content (AvgIpc) is 3.35. The predicted molar refractivity (Wildman–Crippen MR) is 151 cm³/mol. The van der Waals surface area contributed by atoms with Gasteiger partial charge in [-0.15, -0.1) is 0 Å². The summed E-state index contributed by atoms with van der Waals surface area (Å²) in [5, 5.41) is 1.77. The largest absolute Gasteiger partial charge is 0.344 e. The summed E-state index contributed by atoms with van der Waals surface area (Å²) in [6, 6.07) is 20.4. The molecule has 1 unspecified atom stereocenters. The fraction of sp³-hybridized carbons (Fsp3) is 0.259. The molecule has 1 fully saturated rings. The van der Waals surface area contributed by atoms with Crippen molar-refractivity contribution in [2.24, 2.45) is 0 Å². The molecule has 192 valence electrons. The van der Waals surface area contributed by atoms with Gasteiger partial charge in [-0.05, 0) is 54.8 Å². The Hall–Kier alpha value is -2.49. The third kappa shape index (κ3) is 5.68. The molecule has 10 heteroatoms. The number of halogens is 2. The van der Waals surface area contributed by atoms with Crippen molar-refractivity contribution < 1.29 is 8.42 Å². The van der Waals surface area contributed by atoms with Gasteiger partial charge in [-0.3, -0.25) is 0 Å². The fourth-order valence-electron chi connectivity index (χ4n) is 4.44. The molecule has 0 saturated carbocycles. The van der Waals surface area contributed by atoms with Gasteiger partial charge in [0, 0.05) is 43.6 Å². The maximum atomic E-state index is 13.5. The van der Waals surface area contributed by atoms with E-state index in [9.17, 15) is 8.42 Å². The Kier molecular flexibility index (Phi) is 7.56. The number of hydrogen-bond donors (Lipinski definition) is 0. The van der Waals surface area contributed by atoms with Crippen molar-refractivity contribution in [1.29, 1.82) is 0 Å². The topological polar surface area (TPSA) is 66.4 Å². The molecule has 6 nitrogen and oxygen atoms in total. The van der Waals surface area contributed by atoms with Crippen LogP contribution in [0, 0.1) is 6.92 Å². The maximum Gasteiger partial charge on any atom is 0.243 e. The molecule has 0 N–H and O–H groups in total. The van der Waals surface area contributed by atoms with Gasteiger partial charge in [0.05, 0.1) is 14.9 Å². The summed E-state index contributed by atoms with van der Waals surface area (Å²) in [6.07, 6.45) is 0.679. The van der Waals surface area contributed by atoms with Crippen LogP contribution in [0.3, 0.4) is 0 Å². The van der Waals surface area contributed by atoms with E-state index in [2.05, 4.69) is 40.5 Å². The fourth-order valence-corrected chi connectivity index (χ4v) is 7.07. The molecule has 1 aliphatic heterocycles. The summed E-state index contributed by atoms with van der Waals surface area (Å²) in [6.45, 7) is 5.49. The number of aryl methyl sites for hydroxylation is 1. The molecule has 0 aliphatic carbocycles. The lowest BCUT2D eigenvalue weighted by atomic mass is 10.1. The molecule has 0 bridgehead atoms. The molecule has 4 aromatic rings. The van der Waals surface area contributed by atoms with Crippen molar-refractivity contribution in [2.75, 3.05) is 24.5 Å². The molecule has 5 rings (SSSR count). The van der Waals surface area contributed by atoms with E-state index in [-0.39, 0.29) is 10.9 Å². The molecular weight excluding hydrogens is 547 g/mol. The molecule has 1 aromatic heterocycles. The molecule has 1 atom stereocenters. The lowest BCUT2D eigenvalue weighted by molar-refractivity contribution is 0.306. The minimum atomic E-state index is -3.64. The molecule has 0 radical (unpaired) electrons. The van der Waals surface area contributed by atoms with Crippen LogP contribution >= 0.6 is 34.7 Å².